The number of fused-ring (bicyclic) bond motifs is 2. The van der Waals surface area contributed by atoms with E-state index in [1.165, 1.54) is 98.1 Å². The predicted molar refractivity (Wildman–Crippen MR) is 231 cm³/mol. The molecule has 0 aliphatic carbocycles. The van der Waals surface area contributed by atoms with Crippen LogP contribution >= 0.6 is 34.8 Å². The first-order valence-electron chi connectivity index (χ1n) is 19.7. The Morgan fingerprint density at radius 1 is 0.712 bits per heavy atom. The zero-order valence-electron chi connectivity index (χ0n) is 32.3. The number of nitrogens with zero attached hydrogens (tertiary/aromatic N) is 2. The minimum atomic E-state index is -0.164. The van der Waals surface area contributed by atoms with Crippen molar-refractivity contribution < 1.29 is 4.58 Å². The van der Waals surface area contributed by atoms with Gasteiger partial charge in [-0.15, -0.1) is 13.2 Å². The minimum Gasteiger partial charge on any atom is -0.344 e. The van der Waals surface area contributed by atoms with Crippen LogP contribution in [0.5, 0.6) is 0 Å². The molecule has 0 unspecified atom stereocenters. The molecular weight excluding hydrogens is 699 g/mol. The Hall–Kier alpha value is -2.78. The normalized spacial score (nSPS) is 17.2. The Balaban J connectivity index is 1.46. The maximum Gasteiger partial charge on any atom is 0.209 e. The van der Waals surface area contributed by atoms with E-state index < -0.39 is 0 Å². The van der Waals surface area contributed by atoms with Crippen molar-refractivity contribution in [3.8, 4) is 0 Å². The second kappa shape index (κ2) is 20.6. The number of rotatable bonds is 22. The molecule has 2 nitrogen and oxygen atoms in total. The first-order chi connectivity index (χ1) is 25.0. The molecule has 2 aromatic rings. The maximum absolute atomic E-state index is 6.83. The Morgan fingerprint density at radius 3 is 1.94 bits per heavy atom. The highest BCUT2D eigenvalue weighted by molar-refractivity contribution is 6.31. The van der Waals surface area contributed by atoms with E-state index in [4.69, 9.17) is 34.8 Å². The molecule has 0 atom stereocenters. The Morgan fingerprint density at radius 2 is 1.29 bits per heavy atom. The van der Waals surface area contributed by atoms with Crippen molar-refractivity contribution in [3.63, 3.8) is 0 Å². The molecule has 5 heteroatoms. The first-order valence-corrected chi connectivity index (χ1v) is 20.8. The van der Waals surface area contributed by atoms with Crippen molar-refractivity contribution in [1.29, 1.82) is 0 Å². The molecule has 2 aliphatic rings. The molecule has 52 heavy (non-hydrogen) atoms. The zero-order chi connectivity index (χ0) is 37.6. The Labute approximate surface area is 331 Å². The summed E-state index contributed by atoms with van der Waals surface area (Å²) in [7, 11) is 0. The number of unbranched alkanes of at least 4 members (excludes halogenated alkanes) is 12. The molecule has 0 N–H and O–H groups in total. The number of anilines is 1. The SMILES string of the molecule is C=CCCCCCCCCN1/C(=C/C=C/C(Cl)=C/C=C/C2=[N+](CCCCCCCCC=C)c3ccc(Cl)cc3C2(C)C)C(C)(C)c2cc(Cl)ccc21. The Bertz CT molecular complexity index is 1670. The van der Waals surface area contributed by atoms with E-state index in [-0.39, 0.29) is 10.8 Å². The summed E-state index contributed by atoms with van der Waals surface area (Å²) in [6.45, 7) is 18.9. The second-order valence-electron chi connectivity index (χ2n) is 15.5. The van der Waals surface area contributed by atoms with Gasteiger partial charge < -0.3 is 4.90 Å². The van der Waals surface area contributed by atoms with Crippen LogP contribution < -0.4 is 4.90 Å². The lowest BCUT2D eigenvalue weighted by atomic mass is 9.81. The summed E-state index contributed by atoms with van der Waals surface area (Å²) in [5.41, 5.74) is 7.30. The number of hydrogen-bond acceptors (Lipinski definition) is 1. The minimum absolute atomic E-state index is 0.164. The number of halogens is 3. The molecule has 2 heterocycles. The lowest BCUT2D eigenvalue weighted by Crippen LogP contribution is -2.27. The van der Waals surface area contributed by atoms with Crippen LogP contribution in [0.3, 0.4) is 0 Å². The average Bonchev–Trinajstić information content (AvgIpc) is 3.44. The Kier molecular flexibility index (Phi) is 16.6. The summed E-state index contributed by atoms with van der Waals surface area (Å²) in [4.78, 5) is 2.49. The third kappa shape index (κ3) is 11.1. The fraction of sp³-hybridized carbons (Fsp3) is 0.468. The monoisotopic (exact) mass is 759 g/mol. The van der Waals surface area contributed by atoms with Gasteiger partial charge in [0, 0.05) is 62.5 Å². The third-order valence-electron chi connectivity index (χ3n) is 10.8. The van der Waals surface area contributed by atoms with Crippen LogP contribution in [0.25, 0.3) is 0 Å². The molecular formula is C47H62Cl3N2+. The summed E-state index contributed by atoms with van der Waals surface area (Å²) in [6.07, 6.45) is 34.0. The molecule has 280 valence electrons. The van der Waals surface area contributed by atoms with Crippen molar-refractivity contribution in [2.75, 3.05) is 18.0 Å². The zero-order valence-corrected chi connectivity index (χ0v) is 34.6. The summed E-state index contributed by atoms with van der Waals surface area (Å²) in [5.74, 6) is 0. The fourth-order valence-electron chi connectivity index (χ4n) is 7.83. The lowest BCUT2D eigenvalue weighted by Gasteiger charge is -2.27. The van der Waals surface area contributed by atoms with Gasteiger partial charge in [-0.2, -0.15) is 4.58 Å². The van der Waals surface area contributed by atoms with E-state index in [2.05, 4.69) is 98.9 Å². The van der Waals surface area contributed by atoms with Crippen LogP contribution in [0.2, 0.25) is 10.0 Å². The largest absolute Gasteiger partial charge is 0.344 e. The summed E-state index contributed by atoms with van der Waals surface area (Å²) in [6, 6.07) is 12.7. The highest BCUT2D eigenvalue weighted by atomic mass is 35.5. The van der Waals surface area contributed by atoms with Gasteiger partial charge in [0.1, 0.15) is 6.54 Å². The van der Waals surface area contributed by atoms with Crippen molar-refractivity contribution in [3.05, 3.63) is 130 Å². The van der Waals surface area contributed by atoms with Crippen molar-refractivity contribution in [2.24, 2.45) is 0 Å². The molecule has 0 radical (unpaired) electrons. The number of hydrogen-bond donors (Lipinski definition) is 0. The number of allylic oxidation sites excluding steroid dienone is 10. The van der Waals surface area contributed by atoms with E-state index >= 15 is 0 Å². The van der Waals surface area contributed by atoms with E-state index in [9.17, 15) is 0 Å². The number of benzene rings is 2. The van der Waals surface area contributed by atoms with Gasteiger partial charge in [-0.25, -0.2) is 0 Å². The van der Waals surface area contributed by atoms with E-state index in [1.54, 1.807) is 0 Å². The molecule has 0 aromatic heterocycles. The van der Waals surface area contributed by atoms with Gasteiger partial charge in [0.05, 0.1) is 5.41 Å². The standard InChI is InChI=1S/C47H62Cl3N2/c1-7-9-11-13-15-17-19-21-33-51-42-31-29-38(49)35-40(42)46(3,4)44(51)27-23-25-37(48)26-24-28-45-47(5,6)41-36-39(50)30-32-43(41)52(45)34-22-20-18-16-14-12-10-8-2/h7-8,23-32,35-36H,1-2,9-22,33-34H2,3-6H3/q+1. The van der Waals surface area contributed by atoms with Gasteiger partial charge in [-0.1, -0.05) is 118 Å². The highest BCUT2D eigenvalue weighted by Crippen LogP contribution is 2.49. The quantitative estimate of drug-likeness (QED) is 0.0501. The van der Waals surface area contributed by atoms with Crippen molar-refractivity contribution >= 4 is 51.9 Å². The van der Waals surface area contributed by atoms with Crippen LogP contribution in [-0.2, 0) is 10.8 Å². The summed E-state index contributed by atoms with van der Waals surface area (Å²) >= 11 is 19.8. The second-order valence-corrected chi connectivity index (χ2v) is 16.8. The lowest BCUT2D eigenvalue weighted by molar-refractivity contribution is -0.438. The molecule has 4 rings (SSSR count). The molecule has 0 spiro atoms. The molecule has 0 amide bonds. The summed E-state index contributed by atoms with van der Waals surface area (Å²) < 4.78 is 2.49. The van der Waals surface area contributed by atoms with Crippen LogP contribution in [0.15, 0.2) is 109 Å². The topological polar surface area (TPSA) is 6.25 Å². The van der Waals surface area contributed by atoms with Crippen molar-refractivity contribution in [1.82, 2.24) is 0 Å². The van der Waals surface area contributed by atoms with Crippen molar-refractivity contribution in [2.45, 2.75) is 128 Å². The third-order valence-corrected chi connectivity index (χ3v) is 11.5. The van der Waals surface area contributed by atoms with Crippen LogP contribution in [0.4, 0.5) is 11.4 Å². The van der Waals surface area contributed by atoms with Gasteiger partial charge in [-0.3, -0.25) is 0 Å². The molecule has 0 saturated carbocycles. The molecule has 0 bridgehead atoms. The molecule has 0 saturated heterocycles. The van der Waals surface area contributed by atoms with Gasteiger partial charge in [0.2, 0.25) is 5.69 Å². The smallest absolute Gasteiger partial charge is 0.209 e. The average molecular weight is 761 g/mol. The highest BCUT2D eigenvalue weighted by Gasteiger charge is 2.44. The van der Waals surface area contributed by atoms with E-state index in [0.29, 0.717) is 5.03 Å². The van der Waals surface area contributed by atoms with Gasteiger partial charge in [0.15, 0.2) is 5.71 Å². The van der Waals surface area contributed by atoms with Gasteiger partial charge in [-0.05, 0) is 106 Å². The van der Waals surface area contributed by atoms with E-state index in [1.807, 2.05) is 36.4 Å². The van der Waals surface area contributed by atoms with Crippen LogP contribution in [0.1, 0.15) is 129 Å². The summed E-state index contributed by atoms with van der Waals surface area (Å²) in [5, 5.41) is 2.25. The van der Waals surface area contributed by atoms with E-state index in [0.717, 1.165) is 48.8 Å². The maximum atomic E-state index is 6.83. The van der Waals surface area contributed by atoms with Crippen LogP contribution in [-0.4, -0.2) is 23.4 Å². The molecule has 2 aliphatic heterocycles. The first kappa shape index (κ1) is 42.0. The molecule has 2 aromatic carbocycles. The van der Waals surface area contributed by atoms with Crippen LogP contribution in [0, 0.1) is 0 Å². The molecule has 0 fully saturated rings. The predicted octanol–water partition coefficient (Wildman–Crippen LogP) is 15.1. The fourth-order valence-corrected chi connectivity index (χ4v) is 8.32. The van der Waals surface area contributed by atoms with Gasteiger partial charge >= 0.3 is 0 Å². The van der Waals surface area contributed by atoms with Gasteiger partial charge in [0.25, 0.3) is 0 Å².